The van der Waals surface area contributed by atoms with E-state index in [1.165, 1.54) is 31.4 Å². The summed E-state index contributed by atoms with van der Waals surface area (Å²) < 4.78 is 0. The minimum atomic E-state index is 0.110. The first-order valence-electron chi connectivity index (χ1n) is 6.92. The Hall–Kier alpha value is -0.710. The van der Waals surface area contributed by atoms with Crippen molar-refractivity contribution in [1.29, 1.82) is 0 Å². The summed E-state index contributed by atoms with van der Waals surface area (Å²) in [4.78, 5) is 15.9. The highest BCUT2D eigenvalue weighted by Crippen LogP contribution is 2.43. The number of thioether (sulfide) groups is 1. The third kappa shape index (κ3) is 3.64. The minimum Gasteiger partial charge on any atom is -0.364 e. The number of hydrogen-bond acceptors (Lipinski definition) is 4. The molecule has 2 N–H and O–H groups in total. The molecule has 1 heterocycles. The molecule has 4 nitrogen and oxygen atoms in total. The Morgan fingerprint density at radius 3 is 2.83 bits per heavy atom. The van der Waals surface area contributed by atoms with Crippen molar-refractivity contribution in [2.75, 3.05) is 25.4 Å². The molecule has 0 bridgehead atoms. The number of hydrogen-bond donors (Lipinski definition) is 2. The molecule has 1 spiro atoms. The van der Waals surface area contributed by atoms with E-state index in [9.17, 15) is 4.79 Å². The Bertz CT molecular complexity index is 324. The molecule has 0 radical (unpaired) electrons. The van der Waals surface area contributed by atoms with E-state index < -0.39 is 0 Å². The van der Waals surface area contributed by atoms with Gasteiger partial charge in [-0.05, 0) is 25.2 Å². The van der Waals surface area contributed by atoms with Gasteiger partial charge in [-0.1, -0.05) is 24.6 Å². The molecule has 1 amide bonds. The molecule has 5 heteroatoms. The summed E-state index contributed by atoms with van der Waals surface area (Å²) in [6, 6.07) is 0. The Kier molecular flexibility index (Phi) is 4.92. The summed E-state index contributed by atoms with van der Waals surface area (Å²) in [6.07, 6.45) is 5.95. The van der Waals surface area contributed by atoms with Gasteiger partial charge in [0.25, 0.3) is 0 Å². The molecule has 2 aliphatic rings. The maximum Gasteiger partial charge on any atom is 0.221 e. The predicted octanol–water partition coefficient (Wildman–Crippen LogP) is 1.77. The van der Waals surface area contributed by atoms with Gasteiger partial charge in [-0.25, -0.2) is 0 Å². The molecule has 1 aliphatic heterocycles. The number of nitrogens with zero attached hydrogens (tertiary/aromatic N) is 1. The van der Waals surface area contributed by atoms with Crippen LogP contribution in [0.3, 0.4) is 0 Å². The SMILES string of the molecule is CCNC(=O)CCNC1=NCC2(CCCC2)CS1. The standard InChI is InChI=1S/C13H23N3OS/c1-2-14-11(17)5-8-15-12-16-9-13(10-18-12)6-3-4-7-13/h2-10H2,1H3,(H,14,17)(H,15,16). The Morgan fingerprint density at radius 2 is 2.22 bits per heavy atom. The van der Waals surface area contributed by atoms with Crippen molar-refractivity contribution < 1.29 is 4.79 Å². The third-order valence-electron chi connectivity index (χ3n) is 3.74. The van der Waals surface area contributed by atoms with E-state index in [1.807, 2.05) is 18.7 Å². The molecule has 1 saturated carbocycles. The molecule has 0 aromatic carbocycles. The van der Waals surface area contributed by atoms with Crippen LogP contribution in [0.5, 0.6) is 0 Å². The zero-order chi connectivity index (χ0) is 12.8. The van der Waals surface area contributed by atoms with Crippen LogP contribution in [-0.2, 0) is 4.79 Å². The van der Waals surface area contributed by atoms with E-state index in [4.69, 9.17) is 0 Å². The molecule has 1 aliphatic carbocycles. The van der Waals surface area contributed by atoms with Gasteiger partial charge in [0.15, 0.2) is 5.17 Å². The number of carbonyl (C=O) groups excluding carboxylic acids is 1. The monoisotopic (exact) mass is 269 g/mol. The van der Waals surface area contributed by atoms with E-state index in [2.05, 4.69) is 15.6 Å². The van der Waals surface area contributed by atoms with Crippen molar-refractivity contribution >= 4 is 22.8 Å². The lowest BCUT2D eigenvalue weighted by Crippen LogP contribution is -2.35. The van der Waals surface area contributed by atoms with Crippen molar-refractivity contribution in [3.05, 3.63) is 0 Å². The summed E-state index contributed by atoms with van der Waals surface area (Å²) in [5.74, 6) is 1.30. The lowest BCUT2D eigenvalue weighted by Gasteiger charge is -2.31. The van der Waals surface area contributed by atoms with Crippen molar-refractivity contribution in [1.82, 2.24) is 10.6 Å². The highest BCUT2D eigenvalue weighted by molar-refractivity contribution is 8.13. The largest absolute Gasteiger partial charge is 0.364 e. The predicted molar refractivity (Wildman–Crippen MR) is 77.0 cm³/mol. The molecular formula is C13H23N3OS. The van der Waals surface area contributed by atoms with Crippen LogP contribution in [0.1, 0.15) is 39.0 Å². The van der Waals surface area contributed by atoms with Crippen molar-refractivity contribution in [3.8, 4) is 0 Å². The van der Waals surface area contributed by atoms with Crippen LogP contribution >= 0.6 is 11.8 Å². The van der Waals surface area contributed by atoms with Crippen LogP contribution in [0.2, 0.25) is 0 Å². The molecule has 102 valence electrons. The van der Waals surface area contributed by atoms with Gasteiger partial charge < -0.3 is 10.6 Å². The molecule has 0 unspecified atom stereocenters. The van der Waals surface area contributed by atoms with Gasteiger partial charge in [-0.2, -0.15) is 0 Å². The topological polar surface area (TPSA) is 53.5 Å². The maximum absolute atomic E-state index is 11.3. The Morgan fingerprint density at radius 1 is 1.44 bits per heavy atom. The first-order chi connectivity index (χ1) is 8.74. The minimum absolute atomic E-state index is 0.110. The lowest BCUT2D eigenvalue weighted by molar-refractivity contribution is -0.120. The number of carbonyl (C=O) groups is 1. The second kappa shape index (κ2) is 6.45. The highest BCUT2D eigenvalue weighted by atomic mass is 32.2. The molecule has 0 aromatic rings. The molecule has 0 aromatic heterocycles. The van der Waals surface area contributed by atoms with E-state index in [-0.39, 0.29) is 5.91 Å². The first-order valence-corrected chi connectivity index (χ1v) is 7.90. The molecule has 1 fully saturated rings. The van der Waals surface area contributed by atoms with E-state index in [0.717, 1.165) is 11.7 Å². The van der Waals surface area contributed by atoms with Crippen LogP contribution in [0.4, 0.5) is 0 Å². The fourth-order valence-corrected chi connectivity index (χ4v) is 3.84. The summed E-state index contributed by atoms with van der Waals surface area (Å²) in [6.45, 7) is 4.30. The Labute approximate surface area is 113 Å². The number of rotatable bonds is 4. The molecule has 18 heavy (non-hydrogen) atoms. The van der Waals surface area contributed by atoms with Crippen LogP contribution in [0.25, 0.3) is 0 Å². The summed E-state index contributed by atoms with van der Waals surface area (Å²) in [5.41, 5.74) is 0.495. The molecule has 0 saturated heterocycles. The average molecular weight is 269 g/mol. The van der Waals surface area contributed by atoms with Gasteiger partial charge in [-0.3, -0.25) is 9.79 Å². The lowest BCUT2D eigenvalue weighted by atomic mass is 9.89. The maximum atomic E-state index is 11.3. The molecule has 2 rings (SSSR count). The van der Waals surface area contributed by atoms with Crippen molar-refractivity contribution in [2.45, 2.75) is 39.0 Å². The van der Waals surface area contributed by atoms with Crippen LogP contribution in [0.15, 0.2) is 4.99 Å². The van der Waals surface area contributed by atoms with Gasteiger partial charge in [0.1, 0.15) is 0 Å². The molecule has 0 atom stereocenters. The van der Waals surface area contributed by atoms with E-state index in [1.54, 1.807) is 0 Å². The third-order valence-corrected chi connectivity index (χ3v) is 5.04. The second-order valence-electron chi connectivity index (χ2n) is 5.25. The number of aliphatic imine (C=N–C) groups is 1. The quantitative estimate of drug-likeness (QED) is 0.818. The first kappa shape index (κ1) is 13.7. The number of nitrogens with one attached hydrogen (secondary N) is 2. The zero-order valence-electron chi connectivity index (χ0n) is 11.1. The van der Waals surface area contributed by atoms with Gasteiger partial charge in [0.2, 0.25) is 5.91 Å². The van der Waals surface area contributed by atoms with Gasteiger partial charge >= 0.3 is 0 Å². The van der Waals surface area contributed by atoms with Crippen LogP contribution in [0, 0.1) is 5.41 Å². The fourth-order valence-electron chi connectivity index (χ4n) is 2.66. The van der Waals surface area contributed by atoms with Crippen molar-refractivity contribution in [3.63, 3.8) is 0 Å². The second-order valence-corrected chi connectivity index (χ2v) is 6.21. The van der Waals surface area contributed by atoms with E-state index >= 15 is 0 Å². The number of amides is 1. The highest BCUT2D eigenvalue weighted by Gasteiger charge is 2.36. The summed E-state index contributed by atoms with van der Waals surface area (Å²) in [7, 11) is 0. The van der Waals surface area contributed by atoms with Crippen LogP contribution < -0.4 is 10.6 Å². The van der Waals surface area contributed by atoms with Gasteiger partial charge in [0, 0.05) is 31.8 Å². The normalized spacial score (nSPS) is 21.7. The summed E-state index contributed by atoms with van der Waals surface area (Å²) in [5, 5.41) is 7.09. The fraction of sp³-hybridized carbons (Fsp3) is 0.846. The Balaban J connectivity index is 1.69. The molecular weight excluding hydrogens is 246 g/mol. The van der Waals surface area contributed by atoms with Crippen molar-refractivity contribution in [2.24, 2.45) is 10.4 Å². The van der Waals surface area contributed by atoms with Crippen LogP contribution in [-0.4, -0.2) is 36.5 Å². The zero-order valence-corrected chi connectivity index (χ0v) is 11.9. The summed E-state index contributed by atoms with van der Waals surface area (Å²) >= 11 is 1.83. The number of amidine groups is 1. The smallest absolute Gasteiger partial charge is 0.221 e. The van der Waals surface area contributed by atoms with Gasteiger partial charge in [-0.15, -0.1) is 0 Å². The van der Waals surface area contributed by atoms with E-state index in [0.29, 0.717) is 24.9 Å². The average Bonchev–Trinajstić information content (AvgIpc) is 2.81. The van der Waals surface area contributed by atoms with Gasteiger partial charge in [0.05, 0.1) is 0 Å².